The zero-order valence-corrected chi connectivity index (χ0v) is 11.3. The number of anilines is 1. The lowest BCUT2D eigenvalue weighted by atomic mass is 10.3. The molecule has 1 aromatic carbocycles. The number of methoxy groups -OCH3 is 1. The molecule has 16 heavy (non-hydrogen) atoms. The Morgan fingerprint density at radius 1 is 1.56 bits per heavy atom. The fourth-order valence-corrected chi connectivity index (χ4v) is 2.88. The van der Waals surface area contributed by atoms with Crippen LogP contribution in [0.3, 0.4) is 0 Å². The third-order valence-electron chi connectivity index (χ3n) is 2.24. The minimum Gasteiger partial charge on any atom is -0.495 e. The molecule has 3 nitrogen and oxygen atoms in total. The molecule has 5 heteroatoms. The van der Waals surface area contributed by atoms with Crippen LogP contribution in [0.15, 0.2) is 29.3 Å². The molecule has 1 aliphatic heterocycles. The molecular formula is C11H13BrN2OS. The first-order valence-electron chi connectivity index (χ1n) is 5.00. The lowest BCUT2D eigenvalue weighted by Crippen LogP contribution is -2.08. The van der Waals surface area contributed by atoms with Gasteiger partial charge in [-0.05, 0) is 12.1 Å². The average Bonchev–Trinajstić information content (AvgIpc) is 2.77. The Morgan fingerprint density at radius 3 is 3.06 bits per heavy atom. The van der Waals surface area contributed by atoms with Crippen LogP contribution >= 0.6 is 27.7 Å². The summed E-state index contributed by atoms with van der Waals surface area (Å²) in [4.78, 5) is 4.44. The van der Waals surface area contributed by atoms with Crippen molar-refractivity contribution in [2.24, 2.45) is 4.99 Å². The molecule has 0 amide bonds. The number of hydrogen-bond acceptors (Lipinski definition) is 4. The minimum absolute atomic E-state index is 0.539. The summed E-state index contributed by atoms with van der Waals surface area (Å²) >= 11 is 5.23. The quantitative estimate of drug-likeness (QED) is 0.872. The van der Waals surface area contributed by atoms with Gasteiger partial charge in [0.1, 0.15) is 5.75 Å². The van der Waals surface area contributed by atoms with Gasteiger partial charge in [-0.15, -0.1) is 0 Å². The minimum atomic E-state index is 0.539. The lowest BCUT2D eigenvalue weighted by Gasteiger charge is -2.10. The molecule has 0 saturated carbocycles. The molecule has 0 saturated heterocycles. The summed E-state index contributed by atoms with van der Waals surface area (Å²) in [6.07, 6.45) is 0. The molecule has 0 bridgehead atoms. The molecule has 1 N–H and O–H groups in total. The molecule has 86 valence electrons. The molecule has 1 aromatic rings. The number of thioether (sulfide) groups is 1. The third kappa shape index (κ3) is 2.71. The van der Waals surface area contributed by atoms with Crippen LogP contribution in [0.1, 0.15) is 0 Å². The fraction of sp³-hybridized carbons (Fsp3) is 0.364. The van der Waals surface area contributed by atoms with E-state index in [-0.39, 0.29) is 0 Å². The Balaban J connectivity index is 2.04. The van der Waals surface area contributed by atoms with Gasteiger partial charge in [-0.1, -0.05) is 39.8 Å². The van der Waals surface area contributed by atoms with Gasteiger partial charge in [-0.2, -0.15) is 0 Å². The van der Waals surface area contributed by atoms with E-state index in [1.807, 2.05) is 24.3 Å². The van der Waals surface area contributed by atoms with Crippen molar-refractivity contribution in [2.45, 2.75) is 5.25 Å². The van der Waals surface area contributed by atoms with Crippen molar-refractivity contribution in [2.75, 3.05) is 24.3 Å². The highest BCUT2D eigenvalue weighted by Gasteiger charge is 2.18. The molecule has 1 unspecified atom stereocenters. The number of para-hydroxylation sites is 2. The van der Waals surface area contributed by atoms with Crippen LogP contribution in [-0.2, 0) is 0 Å². The van der Waals surface area contributed by atoms with Crippen LogP contribution in [0.4, 0.5) is 5.69 Å². The van der Waals surface area contributed by atoms with E-state index >= 15 is 0 Å². The van der Waals surface area contributed by atoms with Crippen molar-refractivity contribution in [1.29, 1.82) is 0 Å². The first kappa shape index (κ1) is 11.8. The van der Waals surface area contributed by atoms with Crippen molar-refractivity contribution in [3.05, 3.63) is 24.3 Å². The van der Waals surface area contributed by atoms with Crippen molar-refractivity contribution >= 4 is 38.5 Å². The number of hydrogen-bond donors (Lipinski definition) is 1. The van der Waals surface area contributed by atoms with Crippen LogP contribution in [0.5, 0.6) is 5.75 Å². The normalized spacial score (nSPS) is 19.4. The van der Waals surface area contributed by atoms with Crippen molar-refractivity contribution < 1.29 is 4.74 Å². The summed E-state index contributed by atoms with van der Waals surface area (Å²) in [6, 6.07) is 7.86. The number of amidine groups is 1. The van der Waals surface area contributed by atoms with Gasteiger partial charge < -0.3 is 10.1 Å². The van der Waals surface area contributed by atoms with Crippen LogP contribution in [0, 0.1) is 0 Å². The van der Waals surface area contributed by atoms with Gasteiger partial charge in [0.15, 0.2) is 5.17 Å². The zero-order chi connectivity index (χ0) is 11.4. The van der Waals surface area contributed by atoms with E-state index < -0.39 is 0 Å². The first-order chi connectivity index (χ1) is 7.83. The topological polar surface area (TPSA) is 33.6 Å². The van der Waals surface area contributed by atoms with Crippen LogP contribution in [0.2, 0.25) is 0 Å². The predicted octanol–water partition coefficient (Wildman–Crippen LogP) is 2.97. The third-order valence-corrected chi connectivity index (χ3v) is 4.55. The summed E-state index contributed by atoms with van der Waals surface area (Å²) in [5, 5.41) is 5.77. The van der Waals surface area contributed by atoms with E-state index in [1.54, 1.807) is 18.9 Å². The number of aliphatic imine (C=N–C) groups is 1. The van der Waals surface area contributed by atoms with E-state index in [4.69, 9.17) is 4.74 Å². The lowest BCUT2D eigenvalue weighted by molar-refractivity contribution is 0.417. The second-order valence-corrected chi connectivity index (χ2v) is 5.30. The molecular weight excluding hydrogens is 288 g/mol. The average molecular weight is 301 g/mol. The summed E-state index contributed by atoms with van der Waals surface area (Å²) in [7, 11) is 1.67. The number of nitrogens with one attached hydrogen (secondary N) is 1. The Labute approximate surface area is 108 Å². The molecule has 0 radical (unpaired) electrons. The molecule has 0 fully saturated rings. The van der Waals surface area contributed by atoms with Crippen LogP contribution in [-0.4, -0.2) is 29.4 Å². The van der Waals surface area contributed by atoms with Crippen LogP contribution in [0.25, 0.3) is 0 Å². The van der Waals surface area contributed by atoms with Gasteiger partial charge in [-0.25, -0.2) is 0 Å². The number of benzene rings is 1. The van der Waals surface area contributed by atoms with Gasteiger partial charge in [0.05, 0.1) is 19.3 Å². The van der Waals surface area contributed by atoms with Gasteiger partial charge in [0, 0.05) is 10.6 Å². The highest BCUT2D eigenvalue weighted by atomic mass is 79.9. The molecule has 1 aliphatic rings. The SMILES string of the molecule is COc1ccccc1NC1=NCC(CBr)S1. The van der Waals surface area contributed by atoms with Crippen molar-refractivity contribution in [3.63, 3.8) is 0 Å². The van der Waals surface area contributed by atoms with E-state index in [2.05, 4.69) is 26.2 Å². The monoisotopic (exact) mass is 300 g/mol. The highest BCUT2D eigenvalue weighted by molar-refractivity contribution is 9.09. The molecule has 2 rings (SSSR count). The maximum atomic E-state index is 5.27. The maximum Gasteiger partial charge on any atom is 0.161 e. The van der Waals surface area contributed by atoms with Gasteiger partial charge >= 0.3 is 0 Å². The second kappa shape index (κ2) is 5.59. The summed E-state index contributed by atoms with van der Waals surface area (Å²) in [5.41, 5.74) is 0.964. The number of nitrogens with zero attached hydrogens (tertiary/aromatic N) is 1. The zero-order valence-electron chi connectivity index (χ0n) is 8.94. The number of halogens is 1. The van der Waals surface area contributed by atoms with E-state index in [0.29, 0.717) is 5.25 Å². The maximum absolute atomic E-state index is 5.27. The first-order valence-corrected chi connectivity index (χ1v) is 7.00. The largest absolute Gasteiger partial charge is 0.495 e. The second-order valence-electron chi connectivity index (χ2n) is 3.37. The Hall–Kier alpha value is -0.680. The van der Waals surface area contributed by atoms with Gasteiger partial charge in [0.2, 0.25) is 0 Å². The molecule has 1 heterocycles. The molecule has 0 aromatic heterocycles. The Bertz CT molecular complexity index is 397. The Morgan fingerprint density at radius 2 is 2.38 bits per heavy atom. The number of rotatable bonds is 3. The Kier molecular flexibility index (Phi) is 4.12. The van der Waals surface area contributed by atoms with Gasteiger partial charge in [0.25, 0.3) is 0 Å². The summed E-state index contributed by atoms with van der Waals surface area (Å²) in [5.74, 6) is 0.841. The van der Waals surface area contributed by atoms with E-state index in [9.17, 15) is 0 Å². The predicted molar refractivity (Wildman–Crippen MR) is 74.1 cm³/mol. The van der Waals surface area contributed by atoms with E-state index in [0.717, 1.165) is 28.5 Å². The standard InChI is InChI=1S/C11H13BrN2OS/c1-15-10-5-3-2-4-9(10)14-11-13-7-8(6-12)16-11/h2-5,8H,6-7H2,1H3,(H,13,14). The summed E-state index contributed by atoms with van der Waals surface area (Å²) < 4.78 is 5.27. The van der Waals surface area contributed by atoms with Crippen molar-refractivity contribution in [1.82, 2.24) is 0 Å². The molecule has 1 atom stereocenters. The van der Waals surface area contributed by atoms with Crippen molar-refractivity contribution in [3.8, 4) is 5.75 Å². The highest BCUT2D eigenvalue weighted by Crippen LogP contribution is 2.28. The molecule has 0 spiro atoms. The van der Waals surface area contributed by atoms with Gasteiger partial charge in [-0.3, -0.25) is 4.99 Å². The molecule has 0 aliphatic carbocycles. The number of alkyl halides is 1. The fourth-order valence-electron chi connectivity index (χ4n) is 1.43. The number of ether oxygens (including phenoxy) is 1. The van der Waals surface area contributed by atoms with Crippen LogP contribution < -0.4 is 10.1 Å². The van der Waals surface area contributed by atoms with E-state index in [1.165, 1.54) is 0 Å². The summed E-state index contributed by atoms with van der Waals surface area (Å²) in [6.45, 7) is 0.868. The smallest absolute Gasteiger partial charge is 0.161 e.